The molecule has 2 aromatic carbocycles. The predicted molar refractivity (Wildman–Crippen MR) is 170 cm³/mol. The quantitative estimate of drug-likeness (QED) is 0.323. The summed E-state index contributed by atoms with van der Waals surface area (Å²) in [7, 11) is -3.24. The zero-order chi connectivity index (χ0) is 33.6. The van der Waals surface area contributed by atoms with Crippen molar-refractivity contribution in [3.8, 4) is 0 Å². The molecule has 46 heavy (non-hydrogen) atoms. The number of anilines is 1. The van der Waals surface area contributed by atoms with E-state index in [4.69, 9.17) is 0 Å². The highest BCUT2D eigenvalue weighted by Gasteiger charge is 2.30. The fourth-order valence-electron chi connectivity index (χ4n) is 5.67. The number of amides is 2. The van der Waals surface area contributed by atoms with Crippen LogP contribution in [0.1, 0.15) is 55.1 Å². The Labute approximate surface area is 269 Å². The maximum atomic E-state index is 15.3. The molecule has 2 amide bonds. The van der Waals surface area contributed by atoms with E-state index < -0.39 is 52.5 Å². The molecule has 2 fully saturated rings. The second kappa shape index (κ2) is 15.1. The summed E-state index contributed by atoms with van der Waals surface area (Å²) in [6.07, 6.45) is -4.28. The van der Waals surface area contributed by atoms with Gasteiger partial charge in [0.25, 0.3) is 6.43 Å². The molecule has 0 saturated carbocycles. The third-order valence-corrected chi connectivity index (χ3v) is 9.82. The number of carbonyl (C=O) groups is 3. The van der Waals surface area contributed by atoms with Crippen LogP contribution < -0.4 is 4.90 Å². The van der Waals surface area contributed by atoms with Crippen LogP contribution in [0.25, 0.3) is 0 Å². The van der Waals surface area contributed by atoms with Crippen LogP contribution in [0.3, 0.4) is 0 Å². The topological polar surface area (TPSA) is 98.3 Å². The molecule has 2 aromatic rings. The molecule has 0 radical (unpaired) electrons. The summed E-state index contributed by atoms with van der Waals surface area (Å²) in [5.41, 5.74) is 1.85. The van der Waals surface area contributed by atoms with Crippen LogP contribution in [0.4, 0.5) is 23.7 Å². The van der Waals surface area contributed by atoms with Crippen molar-refractivity contribution in [1.82, 2.24) is 14.7 Å². The molecule has 0 aliphatic carbocycles. The summed E-state index contributed by atoms with van der Waals surface area (Å²) >= 11 is 0. The predicted octanol–water partition coefficient (Wildman–Crippen LogP) is 4.64. The van der Waals surface area contributed by atoms with Crippen molar-refractivity contribution in [3.63, 3.8) is 0 Å². The number of alkyl halides is 2. The Morgan fingerprint density at radius 3 is 2.04 bits per heavy atom. The molecule has 2 saturated heterocycles. The first-order chi connectivity index (χ1) is 21.6. The average Bonchev–Trinajstić information content (AvgIpc) is 2.99. The maximum absolute atomic E-state index is 15.3. The Bertz CT molecular complexity index is 1490. The second-order valence-corrected chi connectivity index (χ2v) is 15.6. The van der Waals surface area contributed by atoms with Crippen LogP contribution >= 0.6 is 0 Å². The van der Waals surface area contributed by atoms with Crippen molar-refractivity contribution in [1.29, 1.82) is 0 Å². The number of piperazine rings is 1. The minimum Gasteiger partial charge on any atom is -0.322 e. The first kappa shape index (κ1) is 35.6. The highest BCUT2D eigenvalue weighted by molar-refractivity contribution is 7.91. The number of urea groups is 1. The number of rotatable bonds is 11. The molecule has 0 unspecified atom stereocenters. The normalized spacial score (nSPS) is 17.7. The summed E-state index contributed by atoms with van der Waals surface area (Å²) in [4.78, 5) is 45.0. The lowest BCUT2D eigenvalue weighted by molar-refractivity contribution is -0.129. The van der Waals surface area contributed by atoms with Gasteiger partial charge in [0.2, 0.25) is 0 Å². The Morgan fingerprint density at radius 1 is 0.870 bits per heavy atom. The lowest BCUT2D eigenvalue weighted by Gasteiger charge is -2.38. The van der Waals surface area contributed by atoms with Gasteiger partial charge in [-0.2, -0.15) is 0 Å². The Balaban J connectivity index is 1.48. The molecule has 0 aromatic heterocycles. The van der Waals surface area contributed by atoms with Gasteiger partial charge in [-0.05, 0) is 29.2 Å². The minimum atomic E-state index is -3.24. The van der Waals surface area contributed by atoms with Crippen molar-refractivity contribution in [2.75, 3.05) is 62.2 Å². The molecule has 9 nitrogen and oxygen atoms in total. The van der Waals surface area contributed by atoms with Crippen LogP contribution in [0.15, 0.2) is 42.5 Å². The molecule has 2 aliphatic heterocycles. The molecule has 0 atom stereocenters. The van der Waals surface area contributed by atoms with E-state index in [9.17, 15) is 31.6 Å². The van der Waals surface area contributed by atoms with Crippen LogP contribution in [0.5, 0.6) is 0 Å². The Kier molecular flexibility index (Phi) is 11.7. The van der Waals surface area contributed by atoms with Crippen molar-refractivity contribution in [3.05, 3.63) is 65.0 Å². The van der Waals surface area contributed by atoms with Gasteiger partial charge in [-0.15, -0.1) is 0 Å². The van der Waals surface area contributed by atoms with Gasteiger partial charge in [0.1, 0.15) is 5.82 Å². The van der Waals surface area contributed by atoms with E-state index in [2.05, 4.69) is 30.6 Å². The van der Waals surface area contributed by atoms with Gasteiger partial charge in [-0.1, -0.05) is 45.0 Å². The molecular weight excluding hydrogens is 621 g/mol. The highest BCUT2D eigenvalue weighted by Crippen LogP contribution is 2.24. The van der Waals surface area contributed by atoms with E-state index in [-0.39, 0.29) is 47.7 Å². The van der Waals surface area contributed by atoms with Crippen LogP contribution in [-0.4, -0.2) is 104 Å². The molecule has 0 N–H and O–H groups in total. The molecule has 0 bridgehead atoms. The first-order valence-electron chi connectivity index (χ1n) is 15.5. The molecule has 2 heterocycles. The van der Waals surface area contributed by atoms with Gasteiger partial charge in [-0.3, -0.25) is 19.4 Å². The smallest absolute Gasteiger partial charge is 0.322 e. The summed E-state index contributed by atoms with van der Waals surface area (Å²) in [6.45, 7) is 12.2. The largest absolute Gasteiger partial charge is 0.324 e. The van der Waals surface area contributed by atoms with Crippen molar-refractivity contribution in [2.45, 2.75) is 53.1 Å². The summed E-state index contributed by atoms with van der Waals surface area (Å²) in [6, 6.07) is 10.6. The highest BCUT2D eigenvalue weighted by atomic mass is 32.2. The van der Waals surface area contributed by atoms with Gasteiger partial charge in [0, 0.05) is 82.0 Å². The maximum Gasteiger partial charge on any atom is 0.324 e. The van der Waals surface area contributed by atoms with Crippen molar-refractivity contribution < 1.29 is 36.0 Å². The van der Waals surface area contributed by atoms with E-state index in [1.807, 2.05) is 12.1 Å². The van der Waals surface area contributed by atoms with Crippen molar-refractivity contribution >= 4 is 33.1 Å². The summed E-state index contributed by atoms with van der Waals surface area (Å²) in [5, 5.41) is 0. The second-order valence-electron chi connectivity index (χ2n) is 13.3. The van der Waals surface area contributed by atoms with E-state index in [0.29, 0.717) is 5.69 Å². The number of hydrogen-bond acceptors (Lipinski definition) is 7. The molecule has 4 rings (SSSR count). The number of ketones is 2. The number of benzene rings is 2. The number of halogens is 3. The van der Waals surface area contributed by atoms with Crippen LogP contribution in [0.2, 0.25) is 0 Å². The zero-order valence-electron chi connectivity index (χ0n) is 26.7. The van der Waals surface area contributed by atoms with Gasteiger partial charge in [0.05, 0.1) is 18.1 Å². The average molecular weight is 665 g/mol. The number of sulfone groups is 1. The zero-order valence-corrected chi connectivity index (χ0v) is 27.5. The van der Waals surface area contributed by atoms with Crippen LogP contribution in [-0.2, 0) is 27.7 Å². The van der Waals surface area contributed by atoms with E-state index in [0.717, 1.165) is 50.9 Å². The number of nitrogens with zero attached hydrogens (tertiary/aromatic N) is 4. The van der Waals surface area contributed by atoms with E-state index in [1.54, 1.807) is 12.1 Å². The monoisotopic (exact) mass is 664 g/mol. The minimum absolute atomic E-state index is 0.0181. The van der Waals surface area contributed by atoms with Gasteiger partial charge >= 0.3 is 6.03 Å². The standard InChI is InChI=1S/C33H43F3N4O5S/c1-33(2,3)23-38-14-12-37(13-15-38)21-24-4-8-27(9-5-24)40(32(43)39-16-18-46(44,45)19-17-39)22-26-7-6-25(20-28(26)34)29(41)10-11-30(42)31(35)36/h4-9,20,31H,10-19,21-23H2,1-3H3. The third-order valence-electron chi connectivity index (χ3n) is 8.21. The first-order valence-corrected chi connectivity index (χ1v) is 17.4. The van der Waals surface area contributed by atoms with Crippen molar-refractivity contribution in [2.24, 2.45) is 5.41 Å². The number of hydrogen-bond donors (Lipinski definition) is 0. The number of Topliss-reactive ketones (excluding diaryl/α,β-unsaturated/α-hetero) is 2. The lowest BCUT2D eigenvalue weighted by Crippen LogP contribution is -2.49. The molecule has 0 spiro atoms. The molecule has 13 heteroatoms. The van der Waals surface area contributed by atoms with Gasteiger partial charge in [0.15, 0.2) is 21.4 Å². The van der Waals surface area contributed by atoms with Crippen LogP contribution in [0, 0.1) is 11.2 Å². The Morgan fingerprint density at radius 2 is 1.48 bits per heavy atom. The lowest BCUT2D eigenvalue weighted by atomic mass is 9.96. The van der Waals surface area contributed by atoms with E-state index >= 15 is 4.39 Å². The SMILES string of the molecule is CC(C)(C)CN1CCN(Cc2ccc(N(Cc3ccc(C(=O)CCC(=O)C(F)F)cc3F)C(=O)N3CCS(=O)(=O)CC3)cc2)CC1. The van der Waals surface area contributed by atoms with Gasteiger partial charge < -0.3 is 9.80 Å². The fourth-order valence-corrected chi connectivity index (χ4v) is 6.87. The molecule has 252 valence electrons. The summed E-state index contributed by atoms with van der Waals surface area (Å²) in [5.74, 6) is -3.09. The fraction of sp³-hybridized carbons (Fsp3) is 0.545. The Hall–Kier alpha value is -3.29. The molecular formula is C33H43F3N4O5S. The van der Waals surface area contributed by atoms with E-state index in [1.165, 1.54) is 21.9 Å². The third kappa shape index (κ3) is 10.1. The number of carbonyl (C=O) groups excluding carboxylic acids is 3. The van der Waals surface area contributed by atoms with Gasteiger partial charge in [-0.25, -0.2) is 26.4 Å². The molecule has 2 aliphatic rings. The summed E-state index contributed by atoms with van der Waals surface area (Å²) < 4.78 is 64.2.